The van der Waals surface area contributed by atoms with E-state index in [0.29, 0.717) is 17.6 Å². The summed E-state index contributed by atoms with van der Waals surface area (Å²) in [4.78, 5) is 23.5. The van der Waals surface area contributed by atoms with Crippen molar-refractivity contribution in [3.8, 4) is 0 Å². The van der Waals surface area contributed by atoms with E-state index >= 15 is 0 Å². The Labute approximate surface area is 135 Å². The minimum Gasteiger partial charge on any atom is -0.387 e. The molecule has 1 fully saturated rings. The predicted molar refractivity (Wildman–Crippen MR) is 83.4 cm³/mol. The molecule has 0 aromatic carbocycles. The van der Waals surface area contributed by atoms with Gasteiger partial charge < -0.3 is 20.7 Å². The lowest BCUT2D eigenvalue weighted by molar-refractivity contribution is -0.110. The van der Waals surface area contributed by atoms with E-state index in [9.17, 15) is 15.0 Å². The second-order valence-electron chi connectivity index (χ2n) is 5.17. The third-order valence-corrected chi connectivity index (χ3v) is 4.80. The number of nitrogens with two attached hydrogens (primary N) is 1. The molecule has 3 rings (SSSR count). The van der Waals surface area contributed by atoms with Crippen molar-refractivity contribution in [3.63, 3.8) is 0 Å². The van der Waals surface area contributed by atoms with Crippen LogP contribution in [0.2, 0.25) is 0 Å². The fourth-order valence-corrected chi connectivity index (χ4v) is 3.26. The van der Waals surface area contributed by atoms with Crippen molar-refractivity contribution in [3.05, 3.63) is 12.7 Å². The molecule has 124 valence electrons. The van der Waals surface area contributed by atoms with Gasteiger partial charge in [0.1, 0.15) is 24.1 Å². The second-order valence-corrected chi connectivity index (χ2v) is 6.24. The minimum absolute atomic E-state index is 0.00679. The Morgan fingerprint density at radius 2 is 2.17 bits per heavy atom. The number of carbonyl (C=O) groups is 1. The number of rotatable bonds is 4. The Balaban J connectivity index is 1.82. The van der Waals surface area contributed by atoms with Crippen LogP contribution in [-0.2, 0) is 9.53 Å². The summed E-state index contributed by atoms with van der Waals surface area (Å²) in [6.45, 7) is 1.76. The number of nitrogens with zero attached hydrogens (tertiary/aromatic N) is 4. The van der Waals surface area contributed by atoms with E-state index in [1.54, 1.807) is 6.92 Å². The molecule has 23 heavy (non-hydrogen) atoms. The zero-order chi connectivity index (χ0) is 16.6. The molecule has 4 N–H and O–H groups in total. The highest BCUT2D eigenvalue weighted by Gasteiger charge is 2.44. The average Bonchev–Trinajstić information content (AvgIpc) is 3.09. The first-order valence-electron chi connectivity index (χ1n) is 7.13. The maximum absolute atomic E-state index is 11.4. The van der Waals surface area contributed by atoms with Gasteiger partial charge in [0.05, 0.1) is 12.4 Å². The maximum Gasteiger partial charge on any atom is 0.188 e. The number of aromatic nitrogens is 4. The summed E-state index contributed by atoms with van der Waals surface area (Å²) in [6.07, 6.45) is -0.649. The molecule has 10 heteroatoms. The highest BCUT2D eigenvalue weighted by molar-refractivity contribution is 8.13. The number of fused-ring (bicyclic) bond motifs is 1. The van der Waals surface area contributed by atoms with Gasteiger partial charge in [-0.25, -0.2) is 15.0 Å². The standard InChI is InChI=1S/C13H17N5O4S/c1-2-7(19)23-3-6-9(20)10(21)13(22-6)18-5-17-8-11(14)15-4-16-12(8)18/h4-6,9-10,13,20-21H,2-3H2,1H3,(H2,14,15,16)/t6-,9-,10-,13-/m1/s1. The number of hydrogen-bond acceptors (Lipinski definition) is 9. The molecular weight excluding hydrogens is 322 g/mol. The molecule has 0 saturated carbocycles. The fourth-order valence-electron chi connectivity index (χ4n) is 2.43. The number of ether oxygens (including phenoxy) is 1. The van der Waals surface area contributed by atoms with Crippen LogP contribution in [0, 0.1) is 0 Å². The van der Waals surface area contributed by atoms with Crippen molar-refractivity contribution in [2.75, 3.05) is 11.5 Å². The zero-order valence-electron chi connectivity index (χ0n) is 12.4. The highest BCUT2D eigenvalue weighted by atomic mass is 32.2. The van der Waals surface area contributed by atoms with E-state index in [-0.39, 0.29) is 16.7 Å². The van der Waals surface area contributed by atoms with Crippen molar-refractivity contribution in [2.45, 2.75) is 37.9 Å². The SMILES string of the molecule is CCC(=O)SC[C@H]1O[C@@H](n2cnc3c(N)ncnc32)[C@H](O)[C@@H]1O. The summed E-state index contributed by atoms with van der Waals surface area (Å²) in [7, 11) is 0. The smallest absolute Gasteiger partial charge is 0.188 e. The summed E-state index contributed by atoms with van der Waals surface area (Å²) in [5.41, 5.74) is 6.54. The molecule has 2 aromatic rings. The van der Waals surface area contributed by atoms with Crippen LogP contribution in [0.1, 0.15) is 19.6 Å². The summed E-state index contributed by atoms with van der Waals surface area (Å²) in [5.74, 6) is 0.493. The van der Waals surface area contributed by atoms with E-state index in [0.717, 1.165) is 11.8 Å². The Morgan fingerprint density at radius 3 is 2.91 bits per heavy atom. The number of carbonyl (C=O) groups excluding carboxylic acids is 1. The van der Waals surface area contributed by atoms with Gasteiger partial charge in [0.2, 0.25) is 0 Å². The van der Waals surface area contributed by atoms with Gasteiger partial charge >= 0.3 is 0 Å². The zero-order valence-corrected chi connectivity index (χ0v) is 13.2. The normalized spacial score (nSPS) is 27.6. The van der Waals surface area contributed by atoms with Crippen LogP contribution in [0.25, 0.3) is 11.2 Å². The van der Waals surface area contributed by atoms with Crippen molar-refractivity contribution >= 4 is 33.9 Å². The quantitative estimate of drug-likeness (QED) is 0.685. The van der Waals surface area contributed by atoms with E-state index in [4.69, 9.17) is 10.5 Å². The number of thioether (sulfide) groups is 1. The van der Waals surface area contributed by atoms with Crippen LogP contribution < -0.4 is 5.73 Å². The first kappa shape index (κ1) is 16.1. The number of hydrogen-bond donors (Lipinski definition) is 3. The Bertz CT molecular complexity index is 723. The molecule has 1 aliphatic heterocycles. The van der Waals surface area contributed by atoms with Crippen LogP contribution in [0.3, 0.4) is 0 Å². The maximum atomic E-state index is 11.4. The Morgan fingerprint density at radius 1 is 1.39 bits per heavy atom. The molecule has 2 aromatic heterocycles. The molecular formula is C13H17N5O4S. The lowest BCUT2D eigenvalue weighted by Crippen LogP contribution is -2.32. The van der Waals surface area contributed by atoms with Crippen molar-refractivity contribution < 1.29 is 19.7 Å². The van der Waals surface area contributed by atoms with Gasteiger partial charge in [0, 0.05) is 12.2 Å². The molecule has 4 atom stereocenters. The molecule has 0 radical (unpaired) electrons. The monoisotopic (exact) mass is 339 g/mol. The van der Waals surface area contributed by atoms with Crippen LogP contribution in [-0.4, -0.2) is 58.9 Å². The molecule has 1 saturated heterocycles. The van der Waals surface area contributed by atoms with Crippen LogP contribution >= 0.6 is 11.8 Å². The summed E-state index contributed by atoms with van der Waals surface area (Å²) < 4.78 is 7.23. The first-order valence-corrected chi connectivity index (χ1v) is 8.11. The first-order chi connectivity index (χ1) is 11.0. The van der Waals surface area contributed by atoms with Crippen LogP contribution in [0.15, 0.2) is 12.7 Å². The van der Waals surface area contributed by atoms with E-state index in [2.05, 4.69) is 15.0 Å². The third-order valence-electron chi connectivity index (χ3n) is 3.70. The number of imidazole rings is 1. The third kappa shape index (κ3) is 2.90. The molecule has 0 unspecified atom stereocenters. The van der Waals surface area contributed by atoms with Gasteiger partial charge in [0.25, 0.3) is 0 Å². The Kier molecular flexibility index (Phi) is 4.48. The van der Waals surface area contributed by atoms with E-state index in [1.165, 1.54) is 17.2 Å². The molecule has 0 bridgehead atoms. The number of aliphatic hydroxyl groups excluding tert-OH is 2. The molecule has 0 amide bonds. The van der Waals surface area contributed by atoms with Crippen LogP contribution in [0.5, 0.6) is 0 Å². The van der Waals surface area contributed by atoms with Gasteiger partial charge in [-0.15, -0.1) is 0 Å². The van der Waals surface area contributed by atoms with Crippen molar-refractivity contribution in [1.82, 2.24) is 19.5 Å². The van der Waals surface area contributed by atoms with Crippen molar-refractivity contribution in [1.29, 1.82) is 0 Å². The summed E-state index contributed by atoms with van der Waals surface area (Å²) in [6, 6.07) is 0. The number of anilines is 1. The highest BCUT2D eigenvalue weighted by Crippen LogP contribution is 2.33. The molecule has 1 aliphatic rings. The lowest BCUT2D eigenvalue weighted by atomic mass is 10.1. The molecule has 3 heterocycles. The average molecular weight is 339 g/mol. The Hall–Kier alpha value is -1.75. The second kappa shape index (κ2) is 6.40. The molecule has 0 aliphatic carbocycles. The van der Waals surface area contributed by atoms with Gasteiger partial charge in [-0.05, 0) is 0 Å². The van der Waals surface area contributed by atoms with Gasteiger partial charge in [-0.1, -0.05) is 18.7 Å². The molecule has 0 spiro atoms. The number of aliphatic hydroxyl groups is 2. The van der Waals surface area contributed by atoms with Gasteiger partial charge in [0.15, 0.2) is 22.8 Å². The predicted octanol–water partition coefficient (Wildman–Crippen LogP) is -0.303. The van der Waals surface area contributed by atoms with Gasteiger partial charge in [-0.2, -0.15) is 0 Å². The summed E-state index contributed by atoms with van der Waals surface area (Å²) >= 11 is 1.08. The summed E-state index contributed by atoms with van der Waals surface area (Å²) in [5, 5.41) is 20.4. The topological polar surface area (TPSA) is 136 Å². The molecule has 9 nitrogen and oxygen atoms in total. The number of nitrogen functional groups attached to an aromatic ring is 1. The van der Waals surface area contributed by atoms with Crippen LogP contribution in [0.4, 0.5) is 5.82 Å². The lowest BCUT2D eigenvalue weighted by Gasteiger charge is -2.16. The van der Waals surface area contributed by atoms with Gasteiger partial charge in [-0.3, -0.25) is 9.36 Å². The minimum atomic E-state index is -1.16. The van der Waals surface area contributed by atoms with Crippen molar-refractivity contribution in [2.24, 2.45) is 0 Å². The van der Waals surface area contributed by atoms with E-state index < -0.39 is 24.5 Å². The fraction of sp³-hybridized carbons (Fsp3) is 0.538. The largest absolute Gasteiger partial charge is 0.387 e. The van der Waals surface area contributed by atoms with E-state index in [1.807, 2.05) is 0 Å².